The maximum atomic E-state index is 13.1. The molecular weight excluding hydrogens is 407 g/mol. The minimum atomic E-state index is -4.55. The van der Waals surface area contributed by atoms with Crippen molar-refractivity contribution in [1.29, 1.82) is 0 Å². The highest BCUT2D eigenvalue weighted by molar-refractivity contribution is 7.16. The van der Waals surface area contributed by atoms with Gasteiger partial charge in [-0.2, -0.15) is 13.2 Å². The first-order chi connectivity index (χ1) is 13.7. The van der Waals surface area contributed by atoms with Crippen molar-refractivity contribution in [3.63, 3.8) is 0 Å². The Morgan fingerprint density at radius 3 is 2.62 bits per heavy atom. The number of esters is 1. The molecular formula is C19H18F3N3O3S. The van der Waals surface area contributed by atoms with E-state index in [2.05, 4.69) is 10.3 Å². The third-order valence-corrected chi connectivity index (χ3v) is 5.38. The summed E-state index contributed by atoms with van der Waals surface area (Å²) >= 11 is 1.22. The number of ether oxygens (including phenoxy) is 1. The number of carbonyl (C=O) groups excluding carboxylic acids is 2. The summed E-state index contributed by atoms with van der Waals surface area (Å²) in [5.41, 5.74) is -0.233. The highest BCUT2D eigenvalue weighted by Crippen LogP contribution is 2.32. The predicted molar refractivity (Wildman–Crippen MR) is 103 cm³/mol. The fraction of sp³-hybridized carbons (Fsp3) is 0.316. The number of alkyl halides is 3. The minimum absolute atomic E-state index is 0.0349. The quantitative estimate of drug-likeness (QED) is 0.601. The zero-order chi connectivity index (χ0) is 21.3. The molecule has 0 unspecified atom stereocenters. The number of rotatable bonds is 5. The van der Waals surface area contributed by atoms with Gasteiger partial charge in [-0.25, -0.2) is 9.78 Å². The van der Waals surface area contributed by atoms with E-state index in [-0.39, 0.29) is 34.2 Å². The highest BCUT2D eigenvalue weighted by atomic mass is 32.1. The van der Waals surface area contributed by atoms with Crippen LogP contribution in [-0.2, 0) is 17.3 Å². The van der Waals surface area contributed by atoms with Gasteiger partial charge in [0.1, 0.15) is 16.3 Å². The van der Waals surface area contributed by atoms with E-state index in [1.54, 1.807) is 13.0 Å². The number of nitrogens with one attached hydrogen (secondary N) is 1. The van der Waals surface area contributed by atoms with Crippen molar-refractivity contribution in [1.82, 2.24) is 9.38 Å². The molecule has 3 rings (SSSR count). The van der Waals surface area contributed by atoms with Crippen molar-refractivity contribution < 1.29 is 27.5 Å². The van der Waals surface area contributed by atoms with Crippen LogP contribution in [-0.4, -0.2) is 27.9 Å². The summed E-state index contributed by atoms with van der Waals surface area (Å²) in [4.78, 5) is 30.1. The van der Waals surface area contributed by atoms with Gasteiger partial charge < -0.3 is 10.1 Å². The number of halogens is 3. The maximum absolute atomic E-state index is 13.1. The van der Waals surface area contributed by atoms with Crippen LogP contribution in [0.15, 0.2) is 24.4 Å². The molecule has 0 aliphatic rings. The van der Waals surface area contributed by atoms with Crippen molar-refractivity contribution in [2.24, 2.45) is 0 Å². The summed E-state index contributed by atoms with van der Waals surface area (Å²) in [6, 6.07) is 3.76. The van der Waals surface area contributed by atoms with E-state index in [1.807, 2.05) is 6.92 Å². The molecule has 0 saturated carbocycles. The Morgan fingerprint density at radius 2 is 2.00 bits per heavy atom. The van der Waals surface area contributed by atoms with Crippen molar-refractivity contribution in [2.75, 3.05) is 11.9 Å². The molecule has 6 nitrogen and oxygen atoms in total. The van der Waals surface area contributed by atoms with Crippen LogP contribution in [0.3, 0.4) is 0 Å². The molecule has 1 N–H and O–H groups in total. The Labute approximate surface area is 168 Å². The fourth-order valence-corrected chi connectivity index (χ4v) is 3.81. The predicted octanol–water partition coefficient (Wildman–Crippen LogP) is 4.71. The molecule has 0 atom stereocenters. The van der Waals surface area contributed by atoms with E-state index in [9.17, 15) is 22.8 Å². The van der Waals surface area contributed by atoms with E-state index in [4.69, 9.17) is 4.74 Å². The third kappa shape index (κ3) is 4.12. The van der Waals surface area contributed by atoms with Gasteiger partial charge >= 0.3 is 12.1 Å². The average Bonchev–Trinajstić information content (AvgIpc) is 3.20. The van der Waals surface area contributed by atoms with Gasteiger partial charge in [0, 0.05) is 11.1 Å². The van der Waals surface area contributed by atoms with Crippen molar-refractivity contribution in [2.45, 2.75) is 33.4 Å². The normalized spacial score (nSPS) is 11.7. The topological polar surface area (TPSA) is 72.7 Å². The zero-order valence-electron chi connectivity index (χ0n) is 15.9. The summed E-state index contributed by atoms with van der Waals surface area (Å²) in [5, 5.41) is 2.92. The SMILES string of the molecule is CCOC(=O)c1cc(CC)sc1NC(=O)c1c(C)nc2ccc(C(F)(F)F)cn12. The number of pyridine rings is 1. The Kier molecular flexibility index (Phi) is 5.65. The number of amides is 1. The lowest BCUT2D eigenvalue weighted by Crippen LogP contribution is -2.17. The average molecular weight is 425 g/mol. The Hall–Kier alpha value is -2.88. The number of fused-ring (bicyclic) bond motifs is 1. The molecule has 0 saturated heterocycles. The molecule has 3 aromatic rings. The Balaban J connectivity index is 2.02. The van der Waals surface area contributed by atoms with Crippen LogP contribution in [0, 0.1) is 6.92 Å². The lowest BCUT2D eigenvalue weighted by atomic mass is 10.2. The lowest BCUT2D eigenvalue weighted by molar-refractivity contribution is -0.137. The standard InChI is InChI=1S/C19H18F3N3O3S/c1-4-12-8-13(18(27)28-5-2)17(29-12)24-16(26)15-10(3)23-14-7-6-11(9-25(14)15)19(20,21)22/h6-9H,4-5H2,1-3H3,(H,24,26). The molecule has 0 aromatic carbocycles. The Bertz CT molecular complexity index is 1090. The fourth-order valence-electron chi connectivity index (χ4n) is 2.84. The van der Waals surface area contributed by atoms with Crippen LogP contribution in [0.25, 0.3) is 5.65 Å². The number of aryl methyl sites for hydroxylation is 2. The number of hydrogen-bond donors (Lipinski definition) is 1. The summed E-state index contributed by atoms with van der Waals surface area (Å²) < 4.78 is 45.3. The number of aromatic nitrogens is 2. The molecule has 3 aromatic heterocycles. The van der Waals surface area contributed by atoms with Crippen LogP contribution in [0.2, 0.25) is 0 Å². The molecule has 0 fully saturated rings. The molecule has 0 aliphatic heterocycles. The number of nitrogens with zero attached hydrogens (tertiary/aromatic N) is 2. The molecule has 0 radical (unpaired) electrons. The van der Waals surface area contributed by atoms with Crippen molar-refractivity contribution >= 4 is 33.9 Å². The molecule has 29 heavy (non-hydrogen) atoms. The molecule has 0 spiro atoms. The summed E-state index contributed by atoms with van der Waals surface area (Å²) in [5.74, 6) is -1.24. The van der Waals surface area contributed by atoms with E-state index in [0.29, 0.717) is 6.42 Å². The van der Waals surface area contributed by atoms with Gasteiger partial charge in [-0.15, -0.1) is 11.3 Å². The first-order valence-electron chi connectivity index (χ1n) is 8.82. The van der Waals surface area contributed by atoms with Crippen molar-refractivity contribution in [3.8, 4) is 0 Å². The first-order valence-corrected chi connectivity index (χ1v) is 9.64. The van der Waals surface area contributed by atoms with Crippen LogP contribution in [0.4, 0.5) is 18.2 Å². The van der Waals surface area contributed by atoms with E-state index >= 15 is 0 Å². The number of anilines is 1. The second-order valence-corrected chi connectivity index (χ2v) is 7.31. The van der Waals surface area contributed by atoms with Gasteiger partial charge in [-0.3, -0.25) is 9.20 Å². The number of imidazole rings is 1. The number of carbonyl (C=O) groups is 2. The van der Waals surface area contributed by atoms with Gasteiger partial charge in [-0.1, -0.05) is 6.92 Å². The maximum Gasteiger partial charge on any atom is 0.417 e. The third-order valence-electron chi connectivity index (χ3n) is 4.19. The summed E-state index contributed by atoms with van der Waals surface area (Å²) in [7, 11) is 0. The van der Waals surface area contributed by atoms with Gasteiger partial charge in [0.15, 0.2) is 0 Å². The van der Waals surface area contributed by atoms with Gasteiger partial charge in [0.25, 0.3) is 5.91 Å². The molecule has 3 heterocycles. The monoisotopic (exact) mass is 425 g/mol. The summed E-state index contributed by atoms with van der Waals surface area (Å²) in [6.45, 7) is 5.28. The van der Waals surface area contributed by atoms with Gasteiger partial charge in [0.05, 0.1) is 23.4 Å². The largest absolute Gasteiger partial charge is 0.462 e. The smallest absolute Gasteiger partial charge is 0.417 e. The van der Waals surface area contributed by atoms with Gasteiger partial charge in [-0.05, 0) is 38.5 Å². The van der Waals surface area contributed by atoms with E-state index in [0.717, 1.165) is 21.5 Å². The van der Waals surface area contributed by atoms with Crippen molar-refractivity contribution in [3.05, 3.63) is 51.8 Å². The molecule has 10 heteroatoms. The Morgan fingerprint density at radius 1 is 1.28 bits per heavy atom. The van der Waals surface area contributed by atoms with Crippen LogP contribution in [0.5, 0.6) is 0 Å². The molecule has 0 aliphatic carbocycles. The van der Waals surface area contributed by atoms with Gasteiger partial charge in [0.2, 0.25) is 0 Å². The second-order valence-electron chi connectivity index (χ2n) is 6.17. The molecule has 0 bridgehead atoms. The second kappa shape index (κ2) is 7.86. The number of thiophene rings is 1. The van der Waals surface area contributed by atoms with Crippen LogP contribution >= 0.6 is 11.3 Å². The minimum Gasteiger partial charge on any atom is -0.462 e. The lowest BCUT2D eigenvalue weighted by Gasteiger charge is -2.09. The van der Waals surface area contributed by atoms with E-state index in [1.165, 1.54) is 24.3 Å². The zero-order valence-corrected chi connectivity index (χ0v) is 16.7. The first kappa shape index (κ1) is 20.8. The highest BCUT2D eigenvalue weighted by Gasteiger charge is 2.32. The van der Waals surface area contributed by atoms with Crippen LogP contribution < -0.4 is 5.32 Å². The molecule has 154 valence electrons. The number of hydrogen-bond acceptors (Lipinski definition) is 5. The summed E-state index contributed by atoms with van der Waals surface area (Å²) in [6.07, 6.45) is -3.07. The van der Waals surface area contributed by atoms with E-state index < -0.39 is 23.6 Å². The van der Waals surface area contributed by atoms with Crippen LogP contribution in [0.1, 0.15) is 50.8 Å². The molecule has 1 amide bonds.